The molecule has 0 unspecified atom stereocenters. The molecule has 3 aromatic rings. The van der Waals surface area contributed by atoms with Gasteiger partial charge in [-0.1, -0.05) is 25.5 Å². The molecule has 1 N–H and O–H groups in total. The minimum atomic E-state index is -3.53. The Hall–Kier alpha value is -2.71. The fraction of sp³-hybridized carbons (Fsp3) is 0.391. The summed E-state index contributed by atoms with van der Waals surface area (Å²) in [7, 11) is -0.515. The van der Waals surface area contributed by atoms with Gasteiger partial charge in [-0.15, -0.1) is 0 Å². The van der Waals surface area contributed by atoms with Gasteiger partial charge in [-0.3, -0.25) is 4.79 Å². The molecule has 1 aromatic heterocycles. The summed E-state index contributed by atoms with van der Waals surface area (Å²) in [6.45, 7) is 4.83. The molecule has 0 aliphatic carbocycles. The highest BCUT2D eigenvalue weighted by Crippen LogP contribution is 2.23. The lowest BCUT2D eigenvalue weighted by Gasteiger charge is -2.11. The van der Waals surface area contributed by atoms with Crippen LogP contribution in [0, 0.1) is 0 Å². The highest BCUT2D eigenvalue weighted by Gasteiger charge is 2.19. The van der Waals surface area contributed by atoms with Crippen LogP contribution in [0.4, 0.5) is 5.69 Å². The van der Waals surface area contributed by atoms with E-state index in [1.54, 1.807) is 18.2 Å². The lowest BCUT2D eigenvalue weighted by molar-refractivity contribution is -0.116. The van der Waals surface area contributed by atoms with Gasteiger partial charge in [0.05, 0.1) is 15.9 Å². The third kappa shape index (κ3) is 5.14. The minimum Gasteiger partial charge on any atom is -0.328 e. The maximum absolute atomic E-state index is 12.4. The summed E-state index contributed by atoms with van der Waals surface area (Å²) in [5.74, 6) is 0.694. The maximum atomic E-state index is 12.4. The number of fused-ring (bicyclic) bond motifs is 1. The highest BCUT2D eigenvalue weighted by atomic mass is 32.2. The Balaban J connectivity index is 1.74. The molecular weight excluding hydrogens is 412 g/mol. The first-order chi connectivity index (χ1) is 14.8. The van der Waals surface area contributed by atoms with Crippen molar-refractivity contribution in [1.82, 2.24) is 13.9 Å². The normalized spacial score (nSPS) is 11.9. The van der Waals surface area contributed by atoms with Gasteiger partial charge in [0.2, 0.25) is 15.9 Å². The fourth-order valence-corrected chi connectivity index (χ4v) is 4.49. The van der Waals surface area contributed by atoms with E-state index >= 15 is 0 Å². The van der Waals surface area contributed by atoms with Crippen LogP contribution in [0.25, 0.3) is 11.0 Å². The van der Waals surface area contributed by atoms with Gasteiger partial charge in [0, 0.05) is 39.2 Å². The summed E-state index contributed by atoms with van der Waals surface area (Å²) in [5, 5.41) is 2.93. The fourth-order valence-electron chi connectivity index (χ4n) is 3.57. The zero-order valence-corrected chi connectivity index (χ0v) is 19.4. The van der Waals surface area contributed by atoms with E-state index in [0.717, 1.165) is 29.9 Å². The van der Waals surface area contributed by atoms with Crippen molar-refractivity contribution in [3.8, 4) is 0 Å². The number of benzene rings is 2. The van der Waals surface area contributed by atoms with Crippen LogP contribution in [-0.2, 0) is 34.2 Å². The highest BCUT2D eigenvalue weighted by molar-refractivity contribution is 7.89. The molecule has 0 fully saturated rings. The van der Waals surface area contributed by atoms with Crippen molar-refractivity contribution in [3.05, 3.63) is 53.9 Å². The van der Waals surface area contributed by atoms with Gasteiger partial charge < -0.3 is 9.88 Å². The van der Waals surface area contributed by atoms with Crippen molar-refractivity contribution in [2.24, 2.45) is 0 Å². The maximum Gasteiger partial charge on any atom is 0.242 e. The SMILES string of the molecule is CCCc1ccc(NC(=O)CCc2nc3cc(S(=O)(=O)N(C)C)ccc3n2CC)cc1. The summed E-state index contributed by atoms with van der Waals surface area (Å²) < 4.78 is 28.1. The van der Waals surface area contributed by atoms with Crippen LogP contribution in [0.3, 0.4) is 0 Å². The first kappa shape index (κ1) is 23.0. The number of rotatable bonds is 9. The number of imidazole rings is 1. The van der Waals surface area contributed by atoms with Crippen LogP contribution in [-0.4, -0.2) is 42.3 Å². The quantitative estimate of drug-likeness (QED) is 0.546. The number of hydrogen-bond acceptors (Lipinski definition) is 4. The summed E-state index contributed by atoms with van der Waals surface area (Å²) in [4.78, 5) is 17.3. The average Bonchev–Trinajstić information content (AvgIpc) is 3.10. The zero-order chi connectivity index (χ0) is 22.6. The number of anilines is 1. The summed E-state index contributed by atoms with van der Waals surface area (Å²) >= 11 is 0. The van der Waals surface area contributed by atoms with Crippen molar-refractivity contribution in [2.75, 3.05) is 19.4 Å². The molecule has 0 saturated heterocycles. The van der Waals surface area contributed by atoms with Gasteiger partial charge >= 0.3 is 0 Å². The van der Waals surface area contributed by atoms with E-state index in [1.807, 2.05) is 35.8 Å². The molecule has 7 nitrogen and oxygen atoms in total. The number of hydrogen-bond donors (Lipinski definition) is 1. The van der Waals surface area contributed by atoms with Crippen molar-refractivity contribution >= 4 is 32.7 Å². The van der Waals surface area contributed by atoms with Crippen LogP contribution in [0.5, 0.6) is 0 Å². The molecule has 0 bridgehead atoms. The first-order valence-electron chi connectivity index (χ1n) is 10.6. The number of amides is 1. The van der Waals surface area contributed by atoms with Gasteiger partial charge in [-0.05, 0) is 49.2 Å². The molecule has 3 rings (SSSR count). The lowest BCUT2D eigenvalue weighted by atomic mass is 10.1. The van der Waals surface area contributed by atoms with Gasteiger partial charge in [-0.25, -0.2) is 17.7 Å². The van der Waals surface area contributed by atoms with Gasteiger partial charge in [-0.2, -0.15) is 0 Å². The average molecular weight is 443 g/mol. The topological polar surface area (TPSA) is 84.3 Å². The minimum absolute atomic E-state index is 0.0752. The molecule has 0 saturated carbocycles. The monoisotopic (exact) mass is 442 g/mol. The Kier molecular flexibility index (Phi) is 7.12. The third-order valence-electron chi connectivity index (χ3n) is 5.25. The Bertz CT molecular complexity index is 1170. The molecule has 0 aliphatic rings. The summed E-state index contributed by atoms with van der Waals surface area (Å²) in [5.41, 5.74) is 3.52. The Morgan fingerprint density at radius 2 is 1.77 bits per heavy atom. The third-order valence-corrected chi connectivity index (χ3v) is 7.06. The second kappa shape index (κ2) is 9.62. The lowest BCUT2D eigenvalue weighted by Crippen LogP contribution is -2.22. The van der Waals surface area contributed by atoms with Crippen molar-refractivity contribution < 1.29 is 13.2 Å². The van der Waals surface area contributed by atoms with Gasteiger partial charge in [0.1, 0.15) is 5.82 Å². The number of carbonyl (C=O) groups excluding carboxylic acids is 1. The molecule has 0 radical (unpaired) electrons. The molecule has 0 aliphatic heterocycles. The number of aromatic nitrogens is 2. The molecule has 0 atom stereocenters. The predicted octanol–water partition coefficient (Wildman–Crippen LogP) is 3.83. The molecule has 0 spiro atoms. The van der Waals surface area contributed by atoms with Gasteiger partial charge in [0.15, 0.2) is 0 Å². The Morgan fingerprint density at radius 3 is 2.39 bits per heavy atom. The van der Waals surface area contributed by atoms with Crippen molar-refractivity contribution in [3.63, 3.8) is 0 Å². The number of nitrogens with one attached hydrogen (secondary N) is 1. The van der Waals surface area contributed by atoms with Crippen molar-refractivity contribution in [2.45, 2.75) is 51.0 Å². The number of aryl methyl sites for hydroxylation is 3. The molecule has 8 heteroatoms. The Labute approximate surface area is 184 Å². The predicted molar refractivity (Wildman–Crippen MR) is 124 cm³/mol. The van der Waals surface area contributed by atoms with Gasteiger partial charge in [0.25, 0.3) is 0 Å². The molecule has 2 aromatic carbocycles. The largest absolute Gasteiger partial charge is 0.328 e. The molecule has 166 valence electrons. The van der Waals surface area contributed by atoms with E-state index in [4.69, 9.17) is 0 Å². The summed E-state index contributed by atoms with van der Waals surface area (Å²) in [6.07, 6.45) is 2.88. The van der Waals surface area contributed by atoms with Crippen LogP contribution >= 0.6 is 0 Å². The second-order valence-corrected chi connectivity index (χ2v) is 9.86. The van der Waals surface area contributed by atoms with Crippen LogP contribution in [0.1, 0.15) is 38.1 Å². The first-order valence-corrected chi connectivity index (χ1v) is 12.0. The smallest absolute Gasteiger partial charge is 0.242 e. The van der Waals surface area contributed by atoms with E-state index in [2.05, 4.69) is 17.2 Å². The van der Waals surface area contributed by atoms with E-state index in [-0.39, 0.29) is 10.8 Å². The van der Waals surface area contributed by atoms with Crippen LogP contribution < -0.4 is 5.32 Å². The molecular formula is C23H30N4O3S. The van der Waals surface area contributed by atoms with Crippen LogP contribution in [0.2, 0.25) is 0 Å². The van der Waals surface area contributed by atoms with E-state index in [1.165, 1.54) is 24.0 Å². The van der Waals surface area contributed by atoms with E-state index in [9.17, 15) is 13.2 Å². The standard InChI is InChI=1S/C23H30N4O3S/c1-5-7-17-8-10-18(11-9-17)24-23(28)15-14-22-25-20-16-19(31(29,30)26(3)4)12-13-21(20)27(22)6-2/h8-13,16H,5-7,14-15H2,1-4H3,(H,24,28). The number of sulfonamides is 1. The molecule has 1 heterocycles. The Morgan fingerprint density at radius 1 is 1.06 bits per heavy atom. The van der Waals surface area contributed by atoms with Crippen LogP contribution in [0.15, 0.2) is 47.4 Å². The molecule has 1 amide bonds. The van der Waals surface area contributed by atoms with Crippen molar-refractivity contribution in [1.29, 1.82) is 0 Å². The second-order valence-electron chi connectivity index (χ2n) is 7.71. The van der Waals surface area contributed by atoms with E-state index < -0.39 is 10.0 Å². The summed E-state index contributed by atoms with van der Waals surface area (Å²) in [6, 6.07) is 12.9. The number of carbonyl (C=O) groups is 1. The molecule has 31 heavy (non-hydrogen) atoms. The number of nitrogens with zero attached hydrogens (tertiary/aromatic N) is 3. The van der Waals surface area contributed by atoms with E-state index in [0.29, 0.717) is 24.9 Å². The zero-order valence-electron chi connectivity index (χ0n) is 18.6.